The average Bonchev–Trinajstić information content (AvgIpc) is 2.82. The van der Waals surface area contributed by atoms with Crippen molar-refractivity contribution in [1.82, 2.24) is 5.32 Å². The molecular weight excluding hydrogens is 400 g/mol. The highest BCUT2D eigenvalue weighted by Crippen LogP contribution is 2.25. The van der Waals surface area contributed by atoms with Crippen LogP contribution in [0.1, 0.15) is 40.4 Å². The molecule has 2 amide bonds. The molecule has 0 aromatic heterocycles. The summed E-state index contributed by atoms with van der Waals surface area (Å²) < 4.78 is 5.50. The molecule has 0 heterocycles. The fourth-order valence-electron chi connectivity index (χ4n) is 3.44. The fraction of sp³-hybridized carbons (Fsp3) is 0.259. The van der Waals surface area contributed by atoms with Gasteiger partial charge >= 0.3 is 0 Å². The summed E-state index contributed by atoms with van der Waals surface area (Å²) in [5.41, 5.74) is 4.30. The molecule has 0 atom stereocenters. The van der Waals surface area contributed by atoms with Crippen molar-refractivity contribution in [1.29, 1.82) is 0 Å². The van der Waals surface area contributed by atoms with Crippen molar-refractivity contribution in [2.75, 3.05) is 18.6 Å². The summed E-state index contributed by atoms with van der Waals surface area (Å²) >= 11 is 0. The molecule has 0 unspecified atom stereocenters. The number of carbonyl (C=O) groups excluding carboxylic acids is 2. The molecule has 5 nitrogen and oxygen atoms in total. The molecule has 0 saturated heterocycles. The smallest absolute Gasteiger partial charge is 0.258 e. The van der Waals surface area contributed by atoms with E-state index in [1.165, 1.54) is 0 Å². The van der Waals surface area contributed by atoms with Gasteiger partial charge in [0.25, 0.3) is 5.91 Å². The first-order chi connectivity index (χ1) is 15.5. The molecule has 3 rings (SSSR count). The topological polar surface area (TPSA) is 58.6 Å². The predicted octanol–water partition coefficient (Wildman–Crippen LogP) is 4.92. The van der Waals surface area contributed by atoms with E-state index in [1.807, 2.05) is 86.6 Å². The van der Waals surface area contributed by atoms with Crippen LogP contribution in [0.3, 0.4) is 0 Å². The highest BCUT2D eigenvalue weighted by molar-refractivity contribution is 6.06. The molecule has 5 heteroatoms. The van der Waals surface area contributed by atoms with Gasteiger partial charge in [-0.15, -0.1) is 0 Å². The quantitative estimate of drug-likeness (QED) is 0.524. The van der Waals surface area contributed by atoms with E-state index >= 15 is 0 Å². The van der Waals surface area contributed by atoms with Gasteiger partial charge in [-0.3, -0.25) is 9.59 Å². The molecule has 3 aromatic rings. The van der Waals surface area contributed by atoms with Crippen LogP contribution < -0.4 is 15.0 Å². The summed E-state index contributed by atoms with van der Waals surface area (Å²) in [6, 6.07) is 22.8. The Morgan fingerprint density at radius 3 is 2.28 bits per heavy atom. The Kier molecular flexibility index (Phi) is 8.03. The highest BCUT2D eigenvalue weighted by atomic mass is 16.5. The van der Waals surface area contributed by atoms with E-state index in [0.717, 1.165) is 34.5 Å². The first-order valence-corrected chi connectivity index (χ1v) is 10.9. The zero-order chi connectivity index (χ0) is 22.9. The number of aryl methyl sites for hydroxylation is 1. The van der Waals surface area contributed by atoms with Crippen molar-refractivity contribution in [3.8, 4) is 5.75 Å². The number of para-hydroxylation sites is 1. The van der Waals surface area contributed by atoms with E-state index in [4.69, 9.17) is 4.74 Å². The van der Waals surface area contributed by atoms with Crippen LogP contribution in [0.15, 0.2) is 72.8 Å². The van der Waals surface area contributed by atoms with Crippen LogP contribution in [0.4, 0.5) is 5.69 Å². The Morgan fingerprint density at radius 1 is 0.938 bits per heavy atom. The third-order valence-corrected chi connectivity index (χ3v) is 5.25. The number of nitrogens with one attached hydrogen (secondary N) is 1. The maximum absolute atomic E-state index is 13.5. The molecule has 3 aromatic carbocycles. The van der Waals surface area contributed by atoms with Gasteiger partial charge in [0.05, 0.1) is 20.1 Å². The molecular formula is C27H30N2O3. The summed E-state index contributed by atoms with van der Waals surface area (Å²) in [5.74, 6) is 0.643. The van der Waals surface area contributed by atoms with E-state index in [-0.39, 0.29) is 11.8 Å². The molecule has 0 aliphatic heterocycles. The number of benzene rings is 3. The summed E-state index contributed by atoms with van der Waals surface area (Å²) in [7, 11) is 1.63. The van der Waals surface area contributed by atoms with Gasteiger partial charge in [0.2, 0.25) is 5.91 Å². The Hall–Kier alpha value is -3.60. The van der Waals surface area contributed by atoms with E-state index in [2.05, 4.69) is 5.32 Å². The van der Waals surface area contributed by atoms with Crippen molar-refractivity contribution in [2.24, 2.45) is 0 Å². The maximum Gasteiger partial charge on any atom is 0.258 e. The number of amides is 2. The highest BCUT2D eigenvalue weighted by Gasteiger charge is 2.20. The summed E-state index contributed by atoms with van der Waals surface area (Å²) in [4.78, 5) is 27.2. The molecule has 0 spiro atoms. The number of nitrogens with zero attached hydrogens (tertiary/aromatic N) is 1. The van der Waals surface area contributed by atoms with Gasteiger partial charge in [-0.2, -0.15) is 0 Å². The van der Waals surface area contributed by atoms with Gasteiger partial charge in [0.15, 0.2) is 0 Å². The second-order valence-electron chi connectivity index (χ2n) is 7.76. The van der Waals surface area contributed by atoms with Crippen LogP contribution in [0.2, 0.25) is 0 Å². The number of ether oxygens (including phenoxy) is 1. The molecule has 0 fully saturated rings. The minimum Gasteiger partial charge on any atom is -0.496 e. The monoisotopic (exact) mass is 430 g/mol. The lowest BCUT2D eigenvalue weighted by Crippen LogP contribution is -2.30. The van der Waals surface area contributed by atoms with Gasteiger partial charge < -0.3 is 15.0 Å². The summed E-state index contributed by atoms with van der Waals surface area (Å²) in [6.45, 7) is 5.06. The Balaban J connectivity index is 1.88. The predicted molar refractivity (Wildman–Crippen MR) is 128 cm³/mol. The van der Waals surface area contributed by atoms with Gasteiger partial charge in [-0.05, 0) is 49.2 Å². The van der Waals surface area contributed by atoms with Gasteiger partial charge in [-0.1, -0.05) is 55.0 Å². The van der Waals surface area contributed by atoms with Gasteiger partial charge in [0.1, 0.15) is 5.75 Å². The van der Waals surface area contributed by atoms with Crippen molar-refractivity contribution in [3.05, 3.63) is 95.1 Å². The van der Waals surface area contributed by atoms with E-state index in [1.54, 1.807) is 12.0 Å². The molecule has 166 valence electrons. The van der Waals surface area contributed by atoms with Crippen molar-refractivity contribution in [2.45, 2.75) is 33.2 Å². The van der Waals surface area contributed by atoms with Gasteiger partial charge in [0, 0.05) is 23.4 Å². The first-order valence-electron chi connectivity index (χ1n) is 10.9. The van der Waals surface area contributed by atoms with Gasteiger partial charge in [-0.25, -0.2) is 0 Å². The minimum atomic E-state index is -0.0932. The van der Waals surface area contributed by atoms with E-state index in [9.17, 15) is 9.59 Å². The standard InChI is InChI=1S/C27H30N2O3/c1-4-17-28-26(30)18-21-11-15-24(16-12-21)29(19-23-7-5-6-8-25(23)32-3)27(31)22-13-9-20(2)10-14-22/h5-16H,4,17-19H2,1-3H3,(H,28,30). The number of rotatable bonds is 9. The van der Waals surface area contributed by atoms with Crippen molar-refractivity contribution < 1.29 is 14.3 Å². The van der Waals surface area contributed by atoms with Crippen LogP contribution in [-0.4, -0.2) is 25.5 Å². The summed E-state index contributed by atoms with van der Waals surface area (Å²) in [5, 5.41) is 2.89. The van der Waals surface area contributed by atoms with E-state index < -0.39 is 0 Å². The Bertz CT molecular complexity index is 1040. The largest absolute Gasteiger partial charge is 0.496 e. The molecule has 1 N–H and O–H groups in total. The van der Waals surface area contributed by atoms with Crippen LogP contribution >= 0.6 is 0 Å². The maximum atomic E-state index is 13.5. The second kappa shape index (κ2) is 11.1. The summed E-state index contributed by atoms with van der Waals surface area (Å²) in [6.07, 6.45) is 1.22. The number of hydrogen-bond donors (Lipinski definition) is 1. The number of hydrogen-bond acceptors (Lipinski definition) is 3. The van der Waals surface area contributed by atoms with Crippen LogP contribution in [0.25, 0.3) is 0 Å². The minimum absolute atomic E-state index is 0.00112. The second-order valence-corrected chi connectivity index (χ2v) is 7.76. The Labute approximate surface area is 190 Å². The average molecular weight is 431 g/mol. The van der Waals surface area contributed by atoms with Crippen LogP contribution in [0, 0.1) is 6.92 Å². The molecule has 32 heavy (non-hydrogen) atoms. The molecule has 0 aliphatic rings. The first kappa shape index (κ1) is 23.1. The zero-order valence-electron chi connectivity index (χ0n) is 18.9. The lowest BCUT2D eigenvalue weighted by molar-refractivity contribution is -0.120. The van der Waals surface area contributed by atoms with E-state index in [0.29, 0.717) is 25.1 Å². The number of carbonyl (C=O) groups is 2. The van der Waals surface area contributed by atoms with Crippen LogP contribution in [-0.2, 0) is 17.8 Å². The third kappa shape index (κ3) is 5.97. The number of anilines is 1. The zero-order valence-corrected chi connectivity index (χ0v) is 18.9. The molecule has 0 aliphatic carbocycles. The lowest BCUT2D eigenvalue weighted by atomic mass is 10.1. The third-order valence-electron chi connectivity index (χ3n) is 5.25. The molecule has 0 radical (unpaired) electrons. The lowest BCUT2D eigenvalue weighted by Gasteiger charge is -2.24. The fourth-order valence-corrected chi connectivity index (χ4v) is 3.44. The van der Waals surface area contributed by atoms with Crippen LogP contribution in [0.5, 0.6) is 5.75 Å². The van der Waals surface area contributed by atoms with Crippen molar-refractivity contribution >= 4 is 17.5 Å². The Morgan fingerprint density at radius 2 is 1.62 bits per heavy atom. The molecule has 0 saturated carbocycles. The van der Waals surface area contributed by atoms with Crippen molar-refractivity contribution in [3.63, 3.8) is 0 Å². The molecule has 0 bridgehead atoms. The SMILES string of the molecule is CCCNC(=O)Cc1ccc(N(Cc2ccccc2OC)C(=O)c2ccc(C)cc2)cc1. The normalized spacial score (nSPS) is 10.5. The number of methoxy groups -OCH3 is 1.